The van der Waals surface area contributed by atoms with Crippen LogP contribution in [-0.2, 0) is 11.3 Å². The fourth-order valence-electron chi connectivity index (χ4n) is 3.71. The fourth-order valence-corrected chi connectivity index (χ4v) is 3.96. The molecule has 0 amide bonds. The maximum atomic E-state index is 6.60. The SMILES string of the molecule is Clc1ccc(C(OC2CCN(Cc3ccccc3)C2)c2ccc(Cl)cc2)cc1. The first-order chi connectivity index (χ1) is 13.7. The molecule has 1 aliphatic heterocycles. The quantitative estimate of drug-likeness (QED) is 0.466. The molecule has 1 atom stereocenters. The molecule has 0 aliphatic carbocycles. The molecule has 1 aliphatic rings. The van der Waals surface area contributed by atoms with E-state index in [1.165, 1.54) is 5.56 Å². The number of nitrogens with zero attached hydrogens (tertiary/aromatic N) is 1. The van der Waals surface area contributed by atoms with Crippen LogP contribution in [0.15, 0.2) is 78.9 Å². The Morgan fingerprint density at radius 2 is 1.39 bits per heavy atom. The monoisotopic (exact) mass is 411 g/mol. The summed E-state index contributed by atoms with van der Waals surface area (Å²) in [4.78, 5) is 2.46. The van der Waals surface area contributed by atoms with Crippen LogP contribution in [0.2, 0.25) is 10.0 Å². The molecule has 1 fully saturated rings. The smallest absolute Gasteiger partial charge is 0.108 e. The summed E-state index contributed by atoms with van der Waals surface area (Å²) < 4.78 is 6.60. The number of ether oxygens (including phenoxy) is 1. The normalized spacial score (nSPS) is 17.3. The summed E-state index contributed by atoms with van der Waals surface area (Å²) in [6, 6.07) is 26.4. The molecule has 3 aromatic carbocycles. The number of likely N-dealkylation sites (tertiary alicyclic amines) is 1. The zero-order valence-corrected chi connectivity index (χ0v) is 17.1. The molecule has 1 heterocycles. The number of benzene rings is 3. The van der Waals surface area contributed by atoms with E-state index in [1.807, 2.05) is 48.5 Å². The second kappa shape index (κ2) is 9.11. The van der Waals surface area contributed by atoms with E-state index in [1.54, 1.807) is 0 Å². The average molecular weight is 412 g/mol. The van der Waals surface area contributed by atoms with Gasteiger partial charge in [-0.15, -0.1) is 0 Å². The van der Waals surface area contributed by atoms with Crippen molar-refractivity contribution in [3.63, 3.8) is 0 Å². The van der Waals surface area contributed by atoms with Gasteiger partial charge in [-0.2, -0.15) is 0 Å². The molecule has 0 spiro atoms. The first-order valence-corrected chi connectivity index (χ1v) is 10.4. The van der Waals surface area contributed by atoms with Crippen LogP contribution < -0.4 is 0 Å². The van der Waals surface area contributed by atoms with Gasteiger partial charge in [0, 0.05) is 29.7 Å². The lowest BCUT2D eigenvalue weighted by molar-refractivity contribution is 0.0139. The predicted octanol–water partition coefficient (Wildman–Crippen LogP) is 6.37. The average Bonchev–Trinajstić information content (AvgIpc) is 3.15. The van der Waals surface area contributed by atoms with Gasteiger partial charge in [-0.05, 0) is 47.4 Å². The summed E-state index contributed by atoms with van der Waals surface area (Å²) in [5, 5.41) is 1.46. The van der Waals surface area contributed by atoms with E-state index < -0.39 is 0 Å². The van der Waals surface area contributed by atoms with Crippen LogP contribution in [0.25, 0.3) is 0 Å². The molecule has 2 nitrogen and oxygen atoms in total. The fraction of sp³-hybridized carbons (Fsp3) is 0.250. The molecule has 3 aromatic rings. The Morgan fingerprint density at radius 1 is 0.821 bits per heavy atom. The van der Waals surface area contributed by atoms with Crippen LogP contribution >= 0.6 is 23.2 Å². The Kier molecular flexibility index (Phi) is 6.33. The lowest BCUT2D eigenvalue weighted by Gasteiger charge is -2.24. The van der Waals surface area contributed by atoms with Crippen LogP contribution in [0, 0.1) is 0 Å². The molecule has 4 rings (SSSR count). The highest BCUT2D eigenvalue weighted by Crippen LogP contribution is 2.31. The van der Waals surface area contributed by atoms with Gasteiger partial charge < -0.3 is 4.74 Å². The van der Waals surface area contributed by atoms with Crippen LogP contribution in [0.1, 0.15) is 29.2 Å². The third kappa shape index (κ3) is 4.95. The molecule has 0 saturated carbocycles. The molecular formula is C24H23Cl2NO. The highest BCUT2D eigenvalue weighted by atomic mass is 35.5. The highest BCUT2D eigenvalue weighted by molar-refractivity contribution is 6.30. The van der Waals surface area contributed by atoms with Gasteiger partial charge in [0.25, 0.3) is 0 Å². The van der Waals surface area contributed by atoms with E-state index in [0.29, 0.717) is 0 Å². The van der Waals surface area contributed by atoms with Crippen molar-refractivity contribution in [2.45, 2.75) is 25.2 Å². The summed E-state index contributed by atoms with van der Waals surface area (Å²) in [7, 11) is 0. The molecule has 28 heavy (non-hydrogen) atoms. The van der Waals surface area contributed by atoms with Gasteiger partial charge in [0.2, 0.25) is 0 Å². The number of halogens is 2. The molecule has 0 radical (unpaired) electrons. The Labute approximate surface area is 176 Å². The zero-order chi connectivity index (χ0) is 19.3. The van der Waals surface area contributed by atoms with Crippen molar-refractivity contribution in [1.82, 2.24) is 4.90 Å². The lowest BCUT2D eigenvalue weighted by atomic mass is 10.0. The number of hydrogen-bond acceptors (Lipinski definition) is 2. The van der Waals surface area contributed by atoms with Crippen molar-refractivity contribution in [2.24, 2.45) is 0 Å². The minimum Gasteiger partial charge on any atom is -0.364 e. The van der Waals surface area contributed by atoms with Crippen molar-refractivity contribution in [3.05, 3.63) is 106 Å². The van der Waals surface area contributed by atoms with Crippen LogP contribution in [-0.4, -0.2) is 24.1 Å². The van der Waals surface area contributed by atoms with Gasteiger partial charge in [0.15, 0.2) is 0 Å². The molecule has 1 saturated heterocycles. The minimum absolute atomic E-state index is 0.129. The van der Waals surface area contributed by atoms with Gasteiger partial charge in [0.05, 0.1) is 6.10 Å². The summed E-state index contributed by atoms with van der Waals surface area (Å²) in [6.45, 7) is 2.95. The summed E-state index contributed by atoms with van der Waals surface area (Å²) >= 11 is 12.2. The van der Waals surface area contributed by atoms with E-state index in [9.17, 15) is 0 Å². The lowest BCUT2D eigenvalue weighted by Crippen LogP contribution is -2.24. The molecule has 1 unspecified atom stereocenters. The molecule has 0 N–H and O–H groups in total. The minimum atomic E-state index is -0.129. The van der Waals surface area contributed by atoms with E-state index in [2.05, 4.69) is 35.2 Å². The van der Waals surface area contributed by atoms with Crippen molar-refractivity contribution in [1.29, 1.82) is 0 Å². The van der Waals surface area contributed by atoms with Gasteiger partial charge in [0.1, 0.15) is 6.10 Å². The van der Waals surface area contributed by atoms with Crippen molar-refractivity contribution in [3.8, 4) is 0 Å². The maximum Gasteiger partial charge on any atom is 0.108 e. The molecule has 4 heteroatoms. The third-order valence-electron chi connectivity index (χ3n) is 5.15. The largest absolute Gasteiger partial charge is 0.364 e. The first-order valence-electron chi connectivity index (χ1n) is 9.60. The highest BCUT2D eigenvalue weighted by Gasteiger charge is 2.27. The third-order valence-corrected chi connectivity index (χ3v) is 5.66. The molecule has 0 bridgehead atoms. The molecule has 144 valence electrons. The predicted molar refractivity (Wildman–Crippen MR) is 116 cm³/mol. The molecular weight excluding hydrogens is 389 g/mol. The Balaban J connectivity index is 1.48. The first kappa shape index (κ1) is 19.5. The van der Waals surface area contributed by atoms with Gasteiger partial charge >= 0.3 is 0 Å². The second-order valence-electron chi connectivity index (χ2n) is 7.25. The van der Waals surface area contributed by atoms with Crippen LogP contribution in [0.5, 0.6) is 0 Å². The van der Waals surface area contributed by atoms with E-state index in [-0.39, 0.29) is 12.2 Å². The topological polar surface area (TPSA) is 12.5 Å². The van der Waals surface area contributed by atoms with Gasteiger partial charge in [-0.3, -0.25) is 4.90 Å². The maximum absolute atomic E-state index is 6.60. The summed E-state index contributed by atoms with van der Waals surface area (Å²) in [6.07, 6.45) is 1.10. The van der Waals surface area contributed by atoms with Gasteiger partial charge in [-0.25, -0.2) is 0 Å². The Morgan fingerprint density at radius 3 is 1.96 bits per heavy atom. The Bertz CT molecular complexity index is 835. The summed E-state index contributed by atoms with van der Waals surface area (Å²) in [5.41, 5.74) is 3.55. The number of hydrogen-bond donors (Lipinski definition) is 0. The van der Waals surface area contributed by atoms with Crippen LogP contribution in [0.3, 0.4) is 0 Å². The van der Waals surface area contributed by atoms with E-state index in [4.69, 9.17) is 27.9 Å². The number of rotatable bonds is 6. The van der Waals surface area contributed by atoms with Crippen molar-refractivity contribution in [2.75, 3.05) is 13.1 Å². The van der Waals surface area contributed by atoms with Crippen molar-refractivity contribution >= 4 is 23.2 Å². The van der Waals surface area contributed by atoms with Gasteiger partial charge in [-0.1, -0.05) is 77.8 Å². The van der Waals surface area contributed by atoms with Crippen molar-refractivity contribution < 1.29 is 4.74 Å². The standard InChI is InChI=1S/C24H23Cl2NO/c25-21-10-6-19(7-11-21)24(20-8-12-22(26)13-9-20)28-23-14-15-27(17-23)16-18-4-2-1-3-5-18/h1-13,23-24H,14-17H2. The second-order valence-corrected chi connectivity index (χ2v) is 8.12. The zero-order valence-electron chi connectivity index (χ0n) is 15.6. The molecule has 0 aromatic heterocycles. The van der Waals surface area contributed by atoms with E-state index in [0.717, 1.165) is 47.2 Å². The Hall–Kier alpha value is -1.84. The van der Waals surface area contributed by atoms with Crippen LogP contribution in [0.4, 0.5) is 0 Å². The van der Waals surface area contributed by atoms with E-state index >= 15 is 0 Å². The summed E-state index contributed by atoms with van der Waals surface area (Å²) in [5.74, 6) is 0.